The zero-order chi connectivity index (χ0) is 14.1. The van der Waals surface area contributed by atoms with Gasteiger partial charge in [-0.15, -0.1) is 0 Å². The molecule has 98 valence electrons. The zero-order valence-corrected chi connectivity index (χ0v) is 12.1. The molecule has 4 heteroatoms. The summed E-state index contributed by atoms with van der Waals surface area (Å²) >= 11 is 3.28. The second kappa shape index (κ2) is 5.10. The van der Waals surface area contributed by atoms with E-state index in [2.05, 4.69) is 22.0 Å². The van der Waals surface area contributed by atoms with Gasteiger partial charge >= 0.3 is 0 Å². The Kier molecular flexibility index (Phi) is 3.29. The zero-order valence-electron chi connectivity index (χ0n) is 10.5. The Bertz CT molecular complexity index is 830. The summed E-state index contributed by atoms with van der Waals surface area (Å²) < 4.78 is 16.0. The minimum Gasteiger partial charge on any atom is -0.343 e. The molecule has 20 heavy (non-hydrogen) atoms. The van der Waals surface area contributed by atoms with Crippen molar-refractivity contribution in [1.29, 1.82) is 5.26 Å². The van der Waals surface area contributed by atoms with E-state index in [1.54, 1.807) is 12.1 Å². The topological polar surface area (TPSA) is 28.7 Å². The number of hydrogen-bond donors (Lipinski definition) is 0. The van der Waals surface area contributed by atoms with Crippen LogP contribution in [0.25, 0.3) is 10.9 Å². The third-order valence-corrected chi connectivity index (χ3v) is 4.16. The number of hydrogen-bond acceptors (Lipinski definition) is 1. The van der Waals surface area contributed by atoms with Crippen molar-refractivity contribution in [2.75, 3.05) is 0 Å². The molecule has 0 spiro atoms. The van der Waals surface area contributed by atoms with Gasteiger partial charge in [-0.1, -0.05) is 18.2 Å². The van der Waals surface area contributed by atoms with Gasteiger partial charge in [-0.2, -0.15) is 5.26 Å². The number of halogens is 2. The molecule has 1 heterocycles. The smallest absolute Gasteiger partial charge is 0.137 e. The lowest BCUT2D eigenvalue weighted by atomic mass is 10.2. The highest BCUT2D eigenvalue weighted by molar-refractivity contribution is 9.10. The summed E-state index contributed by atoms with van der Waals surface area (Å²) in [6, 6.07) is 14.7. The molecule has 0 bridgehead atoms. The van der Waals surface area contributed by atoms with Gasteiger partial charge < -0.3 is 4.57 Å². The van der Waals surface area contributed by atoms with E-state index in [1.165, 1.54) is 6.07 Å². The van der Waals surface area contributed by atoms with Crippen molar-refractivity contribution >= 4 is 26.8 Å². The van der Waals surface area contributed by atoms with Gasteiger partial charge in [0.15, 0.2) is 0 Å². The number of nitriles is 1. The summed E-state index contributed by atoms with van der Waals surface area (Å²) in [5.74, 6) is -0.267. The van der Waals surface area contributed by atoms with E-state index < -0.39 is 0 Å². The lowest BCUT2D eigenvalue weighted by molar-refractivity contribution is 0.616. The van der Waals surface area contributed by atoms with E-state index in [4.69, 9.17) is 5.26 Å². The van der Waals surface area contributed by atoms with Gasteiger partial charge in [0.25, 0.3) is 0 Å². The molecule has 0 saturated heterocycles. The normalized spacial score (nSPS) is 10.7. The molecular weight excluding hydrogens is 319 g/mol. The Hall–Kier alpha value is -2.12. The number of aromatic nitrogens is 1. The summed E-state index contributed by atoms with van der Waals surface area (Å²) in [5.41, 5.74) is 2.46. The van der Waals surface area contributed by atoms with E-state index in [0.29, 0.717) is 16.6 Å². The van der Waals surface area contributed by atoms with Gasteiger partial charge in [0.2, 0.25) is 0 Å². The van der Waals surface area contributed by atoms with E-state index >= 15 is 0 Å². The molecule has 2 nitrogen and oxygen atoms in total. The van der Waals surface area contributed by atoms with Crippen LogP contribution in [0, 0.1) is 17.1 Å². The van der Waals surface area contributed by atoms with Crippen LogP contribution in [-0.4, -0.2) is 4.57 Å². The fraction of sp³-hybridized carbons (Fsp3) is 0.0625. The molecule has 0 fully saturated rings. The van der Waals surface area contributed by atoms with Crippen LogP contribution in [0.4, 0.5) is 4.39 Å². The van der Waals surface area contributed by atoms with Crippen LogP contribution in [0.1, 0.15) is 11.1 Å². The van der Waals surface area contributed by atoms with Crippen LogP contribution in [-0.2, 0) is 6.54 Å². The van der Waals surface area contributed by atoms with Crippen LogP contribution < -0.4 is 0 Å². The largest absolute Gasteiger partial charge is 0.343 e. The molecule has 0 amide bonds. The monoisotopic (exact) mass is 328 g/mol. The molecule has 3 aromatic rings. The molecule has 3 rings (SSSR count). The lowest BCUT2D eigenvalue weighted by Gasteiger charge is -2.08. The van der Waals surface area contributed by atoms with Crippen molar-refractivity contribution in [2.45, 2.75) is 6.54 Å². The van der Waals surface area contributed by atoms with Crippen LogP contribution in [0.15, 0.2) is 53.1 Å². The van der Waals surface area contributed by atoms with E-state index in [-0.39, 0.29) is 5.82 Å². The van der Waals surface area contributed by atoms with Gasteiger partial charge in [0.1, 0.15) is 5.82 Å². The number of rotatable bonds is 2. The molecule has 0 aliphatic carbocycles. The van der Waals surface area contributed by atoms with Crippen molar-refractivity contribution in [3.8, 4) is 6.07 Å². The number of benzene rings is 2. The SMILES string of the molecule is N#Cc1ccc2ccn(Cc3cccc(F)c3Br)c2c1. The van der Waals surface area contributed by atoms with Crippen molar-refractivity contribution in [1.82, 2.24) is 4.57 Å². The standard InChI is InChI=1S/C16H10BrFN2/c17-16-13(2-1-3-14(16)18)10-20-7-6-12-5-4-11(9-19)8-15(12)20/h1-8H,10H2. The molecule has 1 aromatic heterocycles. The first-order valence-corrected chi connectivity index (χ1v) is 6.90. The predicted octanol–water partition coefficient (Wildman–Crippen LogP) is 4.46. The maximum Gasteiger partial charge on any atom is 0.137 e. The summed E-state index contributed by atoms with van der Waals surface area (Å²) in [5, 5.41) is 10.0. The van der Waals surface area contributed by atoms with Gasteiger partial charge in [0.05, 0.1) is 16.1 Å². The molecule has 0 radical (unpaired) electrons. The van der Waals surface area contributed by atoms with Gasteiger partial charge in [-0.05, 0) is 51.1 Å². The summed E-state index contributed by atoms with van der Waals surface area (Å²) in [6.07, 6.45) is 1.95. The molecule has 0 atom stereocenters. The molecule has 0 N–H and O–H groups in total. The molecule has 0 aliphatic rings. The first-order chi connectivity index (χ1) is 9.69. The Morgan fingerprint density at radius 1 is 1.20 bits per heavy atom. The van der Waals surface area contributed by atoms with Crippen LogP contribution in [0.2, 0.25) is 0 Å². The van der Waals surface area contributed by atoms with Crippen molar-refractivity contribution in [3.63, 3.8) is 0 Å². The van der Waals surface area contributed by atoms with E-state index in [0.717, 1.165) is 16.5 Å². The quantitative estimate of drug-likeness (QED) is 0.682. The van der Waals surface area contributed by atoms with E-state index in [9.17, 15) is 4.39 Å². The fourth-order valence-electron chi connectivity index (χ4n) is 2.25. The van der Waals surface area contributed by atoms with Crippen LogP contribution in [0.5, 0.6) is 0 Å². The molecule has 0 aliphatic heterocycles. The minimum absolute atomic E-state index is 0.267. The minimum atomic E-state index is -0.267. The molecule has 0 unspecified atom stereocenters. The maximum absolute atomic E-state index is 13.5. The lowest BCUT2D eigenvalue weighted by Crippen LogP contribution is -2.00. The Labute approximate surface area is 124 Å². The van der Waals surface area contributed by atoms with Crippen molar-refractivity contribution in [2.24, 2.45) is 0 Å². The highest BCUT2D eigenvalue weighted by atomic mass is 79.9. The summed E-state index contributed by atoms with van der Waals surface area (Å²) in [6.45, 7) is 0.552. The summed E-state index contributed by atoms with van der Waals surface area (Å²) in [4.78, 5) is 0. The number of fused-ring (bicyclic) bond motifs is 1. The third kappa shape index (κ3) is 2.21. The predicted molar refractivity (Wildman–Crippen MR) is 79.9 cm³/mol. The van der Waals surface area contributed by atoms with Crippen molar-refractivity contribution < 1.29 is 4.39 Å². The van der Waals surface area contributed by atoms with Crippen molar-refractivity contribution in [3.05, 3.63) is 70.1 Å². The van der Waals surface area contributed by atoms with Gasteiger partial charge in [-0.3, -0.25) is 0 Å². The third-order valence-electron chi connectivity index (χ3n) is 3.28. The first kappa shape index (κ1) is 12.9. The van der Waals surface area contributed by atoms with E-state index in [1.807, 2.05) is 35.0 Å². The second-order valence-electron chi connectivity index (χ2n) is 4.54. The van der Waals surface area contributed by atoms with Crippen LogP contribution in [0.3, 0.4) is 0 Å². The fourth-order valence-corrected chi connectivity index (χ4v) is 2.64. The maximum atomic E-state index is 13.5. The second-order valence-corrected chi connectivity index (χ2v) is 5.33. The Morgan fingerprint density at radius 2 is 2.05 bits per heavy atom. The average Bonchev–Trinajstić information content (AvgIpc) is 2.86. The van der Waals surface area contributed by atoms with Crippen LogP contribution >= 0.6 is 15.9 Å². The Morgan fingerprint density at radius 3 is 2.85 bits per heavy atom. The molecule has 2 aromatic carbocycles. The Balaban J connectivity index is 2.07. The number of nitrogens with zero attached hydrogens (tertiary/aromatic N) is 2. The van der Waals surface area contributed by atoms with Gasteiger partial charge in [-0.25, -0.2) is 4.39 Å². The molecule has 0 saturated carbocycles. The highest BCUT2D eigenvalue weighted by Crippen LogP contribution is 2.24. The average molecular weight is 329 g/mol. The summed E-state index contributed by atoms with van der Waals surface area (Å²) in [7, 11) is 0. The first-order valence-electron chi connectivity index (χ1n) is 6.11. The van der Waals surface area contributed by atoms with Gasteiger partial charge in [0, 0.05) is 18.3 Å². The molecular formula is C16H10BrFN2. The highest BCUT2D eigenvalue weighted by Gasteiger charge is 2.08.